The highest BCUT2D eigenvalue weighted by Gasteiger charge is 2.31. The molecule has 0 spiro atoms. The molecule has 0 aromatic carbocycles. The standard InChI is InChI=1S/C9H11BrN2O2S/c10-7-4-5-11-9(6-7)12-15(13,14)8-2-1-3-8/h4-6,8H,1-3H2,(H,11,12). The molecule has 0 saturated heterocycles. The third-order valence-electron chi connectivity index (χ3n) is 2.46. The molecule has 1 fully saturated rings. The van der Waals surface area contributed by atoms with Crippen LogP contribution in [0.2, 0.25) is 0 Å². The van der Waals surface area contributed by atoms with Gasteiger partial charge >= 0.3 is 0 Å². The number of halogens is 1. The van der Waals surface area contributed by atoms with Crippen molar-refractivity contribution in [3.63, 3.8) is 0 Å². The summed E-state index contributed by atoms with van der Waals surface area (Å²) in [6.07, 6.45) is 4.06. The van der Waals surface area contributed by atoms with Crippen molar-refractivity contribution in [1.29, 1.82) is 0 Å². The monoisotopic (exact) mass is 290 g/mol. The Morgan fingerprint density at radius 1 is 1.47 bits per heavy atom. The van der Waals surface area contributed by atoms with Crippen LogP contribution in [0.3, 0.4) is 0 Å². The number of anilines is 1. The molecule has 15 heavy (non-hydrogen) atoms. The molecule has 0 unspecified atom stereocenters. The van der Waals surface area contributed by atoms with Gasteiger partial charge in [-0.25, -0.2) is 13.4 Å². The molecule has 1 N–H and O–H groups in total. The van der Waals surface area contributed by atoms with Crippen LogP contribution in [0.4, 0.5) is 5.82 Å². The maximum absolute atomic E-state index is 11.7. The second kappa shape index (κ2) is 4.09. The molecule has 0 radical (unpaired) electrons. The van der Waals surface area contributed by atoms with Gasteiger partial charge in [0.25, 0.3) is 0 Å². The van der Waals surface area contributed by atoms with Gasteiger partial charge in [-0.1, -0.05) is 22.4 Å². The van der Waals surface area contributed by atoms with E-state index in [0.29, 0.717) is 5.82 Å². The van der Waals surface area contributed by atoms with E-state index in [-0.39, 0.29) is 5.25 Å². The van der Waals surface area contributed by atoms with Gasteiger partial charge in [-0.3, -0.25) is 4.72 Å². The Labute approximate surface area is 97.3 Å². The molecule has 1 aromatic heterocycles. The van der Waals surface area contributed by atoms with Crippen LogP contribution in [-0.2, 0) is 10.0 Å². The first-order valence-electron chi connectivity index (χ1n) is 4.71. The topological polar surface area (TPSA) is 59.1 Å². The summed E-state index contributed by atoms with van der Waals surface area (Å²) in [5, 5.41) is -0.238. The zero-order chi connectivity index (χ0) is 10.9. The lowest BCUT2D eigenvalue weighted by atomic mass is 10.0. The summed E-state index contributed by atoms with van der Waals surface area (Å²) in [6.45, 7) is 0. The van der Waals surface area contributed by atoms with E-state index in [2.05, 4.69) is 25.6 Å². The molecule has 1 aromatic rings. The van der Waals surface area contributed by atoms with E-state index >= 15 is 0 Å². The Kier molecular flexibility index (Phi) is 2.97. The first-order chi connectivity index (χ1) is 7.08. The summed E-state index contributed by atoms with van der Waals surface area (Å²) < 4.78 is 26.8. The second-order valence-corrected chi connectivity index (χ2v) is 6.44. The molecule has 0 aliphatic heterocycles. The molecule has 4 nitrogen and oxygen atoms in total. The SMILES string of the molecule is O=S(=O)(Nc1cc(Br)ccn1)C1CCC1. The van der Waals surface area contributed by atoms with Crippen LogP contribution >= 0.6 is 15.9 Å². The fourth-order valence-corrected chi connectivity index (χ4v) is 3.23. The Morgan fingerprint density at radius 3 is 2.73 bits per heavy atom. The molecule has 0 amide bonds. The molecular weight excluding hydrogens is 280 g/mol. The van der Waals surface area contributed by atoms with Crippen LogP contribution in [-0.4, -0.2) is 18.7 Å². The number of sulfonamides is 1. The van der Waals surface area contributed by atoms with Crippen molar-refractivity contribution in [2.75, 3.05) is 4.72 Å². The van der Waals surface area contributed by atoms with E-state index in [0.717, 1.165) is 23.7 Å². The van der Waals surface area contributed by atoms with Gasteiger partial charge in [-0.15, -0.1) is 0 Å². The summed E-state index contributed by atoms with van der Waals surface area (Å²) >= 11 is 3.26. The molecule has 2 rings (SSSR count). The van der Waals surface area contributed by atoms with E-state index in [1.54, 1.807) is 18.3 Å². The molecular formula is C9H11BrN2O2S. The normalized spacial score (nSPS) is 17.1. The molecule has 0 bridgehead atoms. The smallest absolute Gasteiger partial charge is 0.236 e. The summed E-state index contributed by atoms with van der Waals surface area (Å²) in [5.74, 6) is 0.372. The van der Waals surface area contributed by atoms with Gasteiger partial charge in [-0.05, 0) is 25.0 Å². The summed E-state index contributed by atoms with van der Waals surface area (Å²) in [4.78, 5) is 3.95. The minimum absolute atomic E-state index is 0.238. The Bertz CT molecular complexity index is 457. The molecule has 1 heterocycles. The number of nitrogens with one attached hydrogen (secondary N) is 1. The predicted molar refractivity (Wildman–Crippen MR) is 62.1 cm³/mol. The molecule has 0 atom stereocenters. The van der Waals surface area contributed by atoms with Crippen LogP contribution in [0.15, 0.2) is 22.8 Å². The van der Waals surface area contributed by atoms with E-state index in [4.69, 9.17) is 0 Å². The van der Waals surface area contributed by atoms with E-state index in [1.165, 1.54) is 0 Å². The highest BCUT2D eigenvalue weighted by molar-refractivity contribution is 9.10. The van der Waals surface area contributed by atoms with Gasteiger partial charge in [-0.2, -0.15) is 0 Å². The van der Waals surface area contributed by atoms with E-state index < -0.39 is 10.0 Å². The zero-order valence-electron chi connectivity index (χ0n) is 7.98. The van der Waals surface area contributed by atoms with Crippen molar-refractivity contribution in [3.8, 4) is 0 Å². The van der Waals surface area contributed by atoms with Crippen molar-refractivity contribution in [2.45, 2.75) is 24.5 Å². The van der Waals surface area contributed by atoms with Gasteiger partial charge in [0.15, 0.2) is 0 Å². The Morgan fingerprint density at radius 2 is 2.20 bits per heavy atom. The third-order valence-corrected chi connectivity index (χ3v) is 4.80. The maximum atomic E-state index is 11.7. The molecule has 82 valence electrons. The molecule has 1 aliphatic carbocycles. The number of pyridine rings is 1. The average Bonchev–Trinajstić information content (AvgIpc) is 1.97. The summed E-state index contributed by atoms with van der Waals surface area (Å²) in [5.41, 5.74) is 0. The van der Waals surface area contributed by atoms with Crippen LogP contribution in [0.5, 0.6) is 0 Å². The Balaban J connectivity index is 2.14. The maximum Gasteiger partial charge on any atom is 0.236 e. The molecule has 1 saturated carbocycles. The van der Waals surface area contributed by atoms with Crippen molar-refractivity contribution >= 4 is 31.8 Å². The summed E-state index contributed by atoms with van der Waals surface area (Å²) in [7, 11) is -3.23. The molecule has 6 heteroatoms. The van der Waals surface area contributed by atoms with Crippen molar-refractivity contribution in [1.82, 2.24) is 4.98 Å². The number of hydrogen-bond acceptors (Lipinski definition) is 3. The minimum atomic E-state index is -3.23. The van der Waals surface area contributed by atoms with Crippen molar-refractivity contribution in [2.24, 2.45) is 0 Å². The van der Waals surface area contributed by atoms with Crippen molar-refractivity contribution in [3.05, 3.63) is 22.8 Å². The largest absolute Gasteiger partial charge is 0.267 e. The predicted octanol–water partition coefficient (Wildman–Crippen LogP) is 2.14. The average molecular weight is 291 g/mol. The number of hydrogen-bond donors (Lipinski definition) is 1. The van der Waals surface area contributed by atoms with Crippen molar-refractivity contribution < 1.29 is 8.42 Å². The number of aromatic nitrogens is 1. The Hall–Kier alpha value is -0.620. The van der Waals surface area contributed by atoms with Crippen LogP contribution in [0.1, 0.15) is 19.3 Å². The lowest BCUT2D eigenvalue weighted by Gasteiger charge is -2.25. The zero-order valence-corrected chi connectivity index (χ0v) is 10.4. The second-order valence-electron chi connectivity index (χ2n) is 3.56. The fraction of sp³-hybridized carbons (Fsp3) is 0.444. The van der Waals surface area contributed by atoms with Crippen LogP contribution in [0.25, 0.3) is 0 Å². The van der Waals surface area contributed by atoms with Gasteiger partial charge in [0.1, 0.15) is 5.82 Å². The highest BCUT2D eigenvalue weighted by atomic mass is 79.9. The lowest BCUT2D eigenvalue weighted by molar-refractivity contribution is 0.479. The number of nitrogens with zero attached hydrogens (tertiary/aromatic N) is 1. The van der Waals surface area contributed by atoms with Gasteiger partial charge in [0, 0.05) is 10.7 Å². The van der Waals surface area contributed by atoms with E-state index in [1.807, 2.05) is 0 Å². The van der Waals surface area contributed by atoms with Crippen LogP contribution in [0, 0.1) is 0 Å². The molecule has 1 aliphatic rings. The fourth-order valence-electron chi connectivity index (χ4n) is 1.37. The van der Waals surface area contributed by atoms with Gasteiger partial charge < -0.3 is 0 Å². The first-order valence-corrected chi connectivity index (χ1v) is 7.05. The number of rotatable bonds is 3. The lowest BCUT2D eigenvalue weighted by Crippen LogP contribution is -2.33. The quantitative estimate of drug-likeness (QED) is 0.928. The van der Waals surface area contributed by atoms with Crippen LogP contribution < -0.4 is 4.72 Å². The highest BCUT2D eigenvalue weighted by Crippen LogP contribution is 2.27. The summed E-state index contributed by atoms with van der Waals surface area (Å²) in [6, 6.07) is 3.40. The third kappa shape index (κ3) is 2.49. The van der Waals surface area contributed by atoms with E-state index in [9.17, 15) is 8.42 Å². The van der Waals surface area contributed by atoms with Gasteiger partial charge in [0.2, 0.25) is 10.0 Å². The minimum Gasteiger partial charge on any atom is -0.267 e. The first kappa shape index (κ1) is 10.9. The van der Waals surface area contributed by atoms with Gasteiger partial charge in [0.05, 0.1) is 5.25 Å².